The SMILES string of the molecule is COc1ccc(C2=NNC(c3cc(C)ccc3OC(C)=O)C2)cc1. The summed E-state index contributed by atoms with van der Waals surface area (Å²) in [5, 5.41) is 4.45. The van der Waals surface area contributed by atoms with Crippen molar-refractivity contribution in [3.63, 3.8) is 0 Å². The molecule has 3 rings (SSSR count). The molecule has 1 atom stereocenters. The van der Waals surface area contributed by atoms with Crippen LogP contribution in [-0.2, 0) is 4.79 Å². The van der Waals surface area contributed by atoms with Crippen LogP contribution in [-0.4, -0.2) is 18.8 Å². The number of rotatable bonds is 4. The molecule has 124 valence electrons. The number of benzene rings is 2. The molecular weight excluding hydrogens is 304 g/mol. The fourth-order valence-corrected chi connectivity index (χ4v) is 2.77. The molecule has 0 aliphatic carbocycles. The number of aryl methyl sites for hydroxylation is 1. The Morgan fingerprint density at radius 2 is 1.96 bits per heavy atom. The van der Waals surface area contributed by atoms with Crippen LogP contribution in [0.2, 0.25) is 0 Å². The van der Waals surface area contributed by atoms with Crippen molar-refractivity contribution in [2.24, 2.45) is 5.10 Å². The maximum Gasteiger partial charge on any atom is 0.308 e. The standard InChI is InChI=1S/C19H20N2O3/c1-12-4-9-19(24-13(2)22)16(10-12)18-11-17(20-21-18)14-5-7-15(23-3)8-6-14/h4-10,18,21H,11H2,1-3H3. The number of esters is 1. The molecule has 1 aliphatic rings. The summed E-state index contributed by atoms with van der Waals surface area (Å²) in [6, 6.07) is 13.6. The fraction of sp³-hybridized carbons (Fsp3) is 0.263. The van der Waals surface area contributed by atoms with E-state index in [0.717, 1.165) is 34.6 Å². The first-order chi connectivity index (χ1) is 11.6. The van der Waals surface area contributed by atoms with Gasteiger partial charge in [0, 0.05) is 18.9 Å². The minimum Gasteiger partial charge on any atom is -0.497 e. The first kappa shape index (κ1) is 16.1. The second-order valence-corrected chi connectivity index (χ2v) is 5.81. The van der Waals surface area contributed by atoms with E-state index in [-0.39, 0.29) is 12.0 Å². The highest BCUT2D eigenvalue weighted by Gasteiger charge is 2.24. The molecule has 24 heavy (non-hydrogen) atoms. The maximum atomic E-state index is 11.3. The zero-order valence-electron chi connectivity index (χ0n) is 14.0. The van der Waals surface area contributed by atoms with Gasteiger partial charge in [-0.15, -0.1) is 0 Å². The molecule has 0 bridgehead atoms. The molecule has 0 saturated heterocycles. The Morgan fingerprint density at radius 1 is 1.21 bits per heavy atom. The van der Waals surface area contributed by atoms with Crippen LogP contribution in [0.15, 0.2) is 47.6 Å². The van der Waals surface area contributed by atoms with Gasteiger partial charge in [-0.1, -0.05) is 17.7 Å². The average Bonchev–Trinajstić information content (AvgIpc) is 3.06. The summed E-state index contributed by atoms with van der Waals surface area (Å²) in [6.45, 7) is 3.42. The number of carbonyl (C=O) groups excluding carboxylic acids is 1. The predicted octanol–water partition coefficient (Wildman–Crippen LogP) is 3.37. The van der Waals surface area contributed by atoms with Gasteiger partial charge < -0.3 is 14.9 Å². The minimum absolute atomic E-state index is 0.0173. The van der Waals surface area contributed by atoms with Gasteiger partial charge in [-0.2, -0.15) is 5.10 Å². The third-order valence-electron chi connectivity index (χ3n) is 3.97. The van der Waals surface area contributed by atoms with Crippen LogP contribution >= 0.6 is 0 Å². The number of nitrogens with zero attached hydrogens (tertiary/aromatic N) is 1. The van der Waals surface area contributed by atoms with E-state index in [1.54, 1.807) is 7.11 Å². The highest BCUT2D eigenvalue weighted by atomic mass is 16.5. The summed E-state index contributed by atoms with van der Waals surface area (Å²) < 4.78 is 10.5. The number of nitrogens with one attached hydrogen (secondary N) is 1. The molecule has 1 unspecified atom stereocenters. The molecule has 1 N–H and O–H groups in total. The fourth-order valence-electron chi connectivity index (χ4n) is 2.77. The lowest BCUT2D eigenvalue weighted by molar-refractivity contribution is -0.131. The maximum absolute atomic E-state index is 11.3. The number of hydrogen-bond acceptors (Lipinski definition) is 5. The third-order valence-corrected chi connectivity index (χ3v) is 3.97. The van der Waals surface area contributed by atoms with E-state index in [4.69, 9.17) is 9.47 Å². The first-order valence-electron chi connectivity index (χ1n) is 7.82. The van der Waals surface area contributed by atoms with Gasteiger partial charge in [0.25, 0.3) is 0 Å². The third kappa shape index (κ3) is 3.40. The molecule has 0 aromatic heterocycles. The van der Waals surface area contributed by atoms with Gasteiger partial charge in [-0.3, -0.25) is 4.79 Å². The monoisotopic (exact) mass is 324 g/mol. The Kier molecular flexibility index (Phi) is 4.51. The Hall–Kier alpha value is -2.82. The lowest BCUT2D eigenvalue weighted by Crippen LogP contribution is -2.13. The van der Waals surface area contributed by atoms with E-state index in [1.165, 1.54) is 6.92 Å². The van der Waals surface area contributed by atoms with Gasteiger partial charge in [-0.25, -0.2) is 0 Å². The smallest absolute Gasteiger partial charge is 0.308 e. The van der Waals surface area contributed by atoms with Crippen molar-refractivity contribution in [1.29, 1.82) is 0 Å². The van der Waals surface area contributed by atoms with Crippen molar-refractivity contribution in [3.8, 4) is 11.5 Å². The summed E-state index contributed by atoms with van der Waals surface area (Å²) in [7, 11) is 1.65. The Morgan fingerprint density at radius 3 is 2.62 bits per heavy atom. The second-order valence-electron chi connectivity index (χ2n) is 5.81. The van der Waals surface area contributed by atoms with Crippen LogP contribution in [0.3, 0.4) is 0 Å². The van der Waals surface area contributed by atoms with Gasteiger partial charge in [-0.05, 0) is 42.8 Å². The summed E-state index contributed by atoms with van der Waals surface area (Å²) in [5.74, 6) is 1.07. The molecule has 2 aromatic carbocycles. The molecular formula is C19H20N2O3. The molecule has 0 spiro atoms. The van der Waals surface area contributed by atoms with Crippen LogP contribution in [0.25, 0.3) is 0 Å². The Labute approximate surface area is 141 Å². The normalized spacial score (nSPS) is 16.3. The number of hydrazone groups is 1. The predicted molar refractivity (Wildman–Crippen MR) is 92.5 cm³/mol. The highest BCUT2D eigenvalue weighted by Crippen LogP contribution is 2.32. The van der Waals surface area contributed by atoms with Crippen LogP contribution < -0.4 is 14.9 Å². The van der Waals surface area contributed by atoms with Gasteiger partial charge in [0.2, 0.25) is 0 Å². The van der Waals surface area contributed by atoms with E-state index in [9.17, 15) is 4.79 Å². The lowest BCUT2D eigenvalue weighted by Gasteiger charge is -2.15. The summed E-state index contributed by atoms with van der Waals surface area (Å²) >= 11 is 0. The lowest BCUT2D eigenvalue weighted by atomic mass is 9.97. The molecule has 2 aromatic rings. The number of hydrogen-bond donors (Lipinski definition) is 1. The second kappa shape index (κ2) is 6.74. The summed E-state index contributed by atoms with van der Waals surface area (Å²) in [4.78, 5) is 11.3. The van der Waals surface area contributed by atoms with Gasteiger partial charge >= 0.3 is 5.97 Å². The molecule has 0 amide bonds. The van der Waals surface area contributed by atoms with Crippen LogP contribution in [0, 0.1) is 6.92 Å². The zero-order chi connectivity index (χ0) is 17.1. The van der Waals surface area contributed by atoms with E-state index in [0.29, 0.717) is 5.75 Å². The molecule has 0 saturated carbocycles. The molecule has 0 fully saturated rings. The van der Waals surface area contributed by atoms with E-state index in [1.807, 2.05) is 49.4 Å². The molecule has 1 heterocycles. The number of carbonyl (C=O) groups is 1. The minimum atomic E-state index is -0.325. The topological polar surface area (TPSA) is 59.9 Å². The van der Waals surface area contributed by atoms with Crippen molar-refractivity contribution in [1.82, 2.24) is 5.43 Å². The largest absolute Gasteiger partial charge is 0.497 e. The van der Waals surface area contributed by atoms with Gasteiger partial charge in [0.15, 0.2) is 0 Å². The highest BCUT2D eigenvalue weighted by molar-refractivity contribution is 6.02. The van der Waals surface area contributed by atoms with Gasteiger partial charge in [0.05, 0.1) is 18.9 Å². The molecule has 5 nitrogen and oxygen atoms in total. The van der Waals surface area contributed by atoms with Crippen LogP contribution in [0.4, 0.5) is 0 Å². The van der Waals surface area contributed by atoms with E-state index >= 15 is 0 Å². The summed E-state index contributed by atoms with van der Waals surface area (Å²) in [6.07, 6.45) is 0.726. The molecule has 0 radical (unpaired) electrons. The Bertz CT molecular complexity index is 782. The first-order valence-corrected chi connectivity index (χ1v) is 7.82. The molecule has 5 heteroatoms. The van der Waals surface area contributed by atoms with Crippen molar-refractivity contribution in [2.45, 2.75) is 26.3 Å². The van der Waals surface area contributed by atoms with Crippen molar-refractivity contribution >= 4 is 11.7 Å². The van der Waals surface area contributed by atoms with Crippen LogP contribution in [0.1, 0.15) is 36.1 Å². The van der Waals surface area contributed by atoms with E-state index in [2.05, 4.69) is 10.5 Å². The molecule has 1 aliphatic heterocycles. The quantitative estimate of drug-likeness (QED) is 0.692. The van der Waals surface area contributed by atoms with Gasteiger partial charge in [0.1, 0.15) is 11.5 Å². The summed E-state index contributed by atoms with van der Waals surface area (Å²) in [5.41, 5.74) is 7.23. The van der Waals surface area contributed by atoms with E-state index < -0.39 is 0 Å². The number of ether oxygens (including phenoxy) is 2. The average molecular weight is 324 g/mol. The zero-order valence-corrected chi connectivity index (χ0v) is 14.0. The number of methoxy groups -OCH3 is 1. The van der Waals surface area contributed by atoms with Crippen molar-refractivity contribution in [3.05, 3.63) is 59.2 Å². The van der Waals surface area contributed by atoms with Crippen molar-refractivity contribution < 1.29 is 14.3 Å². The Balaban J connectivity index is 1.81. The van der Waals surface area contributed by atoms with Crippen molar-refractivity contribution in [2.75, 3.05) is 7.11 Å². The van der Waals surface area contributed by atoms with Crippen LogP contribution in [0.5, 0.6) is 11.5 Å².